The van der Waals surface area contributed by atoms with E-state index in [0.29, 0.717) is 39.0 Å². The van der Waals surface area contributed by atoms with E-state index >= 15 is 0 Å². The van der Waals surface area contributed by atoms with Crippen LogP contribution in [0.3, 0.4) is 0 Å². The number of halogens is 1. The highest BCUT2D eigenvalue weighted by atomic mass is 79.9. The fraction of sp³-hybridized carbons (Fsp3) is 0.529. The summed E-state index contributed by atoms with van der Waals surface area (Å²) in [5, 5.41) is 9.16. The summed E-state index contributed by atoms with van der Waals surface area (Å²) in [6.45, 7) is 3.43. The second-order valence-corrected chi connectivity index (χ2v) is 7.00. The standard InChI is InChI=1S/C17H22BrNO4/c1-12-8-13(17(21)22)11-19(10-12)16(20)6-3-7-23-15-5-2-4-14(18)9-15/h2,4-5,9,12-13H,3,6-8,10-11H2,1H3,(H,21,22). The zero-order chi connectivity index (χ0) is 16.8. The number of hydrogen-bond donors (Lipinski definition) is 1. The van der Waals surface area contributed by atoms with Gasteiger partial charge in [-0.2, -0.15) is 0 Å². The number of piperidine rings is 1. The van der Waals surface area contributed by atoms with Crippen LogP contribution in [0.15, 0.2) is 28.7 Å². The fourth-order valence-electron chi connectivity index (χ4n) is 2.86. The van der Waals surface area contributed by atoms with Gasteiger partial charge in [-0.15, -0.1) is 0 Å². The van der Waals surface area contributed by atoms with E-state index < -0.39 is 11.9 Å². The first-order chi connectivity index (χ1) is 11.0. The summed E-state index contributed by atoms with van der Waals surface area (Å²) in [4.78, 5) is 25.1. The molecule has 0 spiro atoms. The normalized spacial score (nSPS) is 21.0. The lowest BCUT2D eigenvalue weighted by Crippen LogP contribution is -2.45. The lowest BCUT2D eigenvalue weighted by molar-refractivity contribution is -0.147. The molecule has 23 heavy (non-hydrogen) atoms. The largest absolute Gasteiger partial charge is 0.494 e. The van der Waals surface area contributed by atoms with E-state index in [1.807, 2.05) is 31.2 Å². The van der Waals surface area contributed by atoms with Crippen molar-refractivity contribution in [1.82, 2.24) is 4.90 Å². The van der Waals surface area contributed by atoms with Crippen LogP contribution < -0.4 is 4.74 Å². The molecule has 6 heteroatoms. The Bertz CT molecular complexity index is 563. The summed E-state index contributed by atoms with van der Waals surface area (Å²) in [6, 6.07) is 7.57. The van der Waals surface area contributed by atoms with Gasteiger partial charge in [0, 0.05) is 24.0 Å². The minimum atomic E-state index is -0.813. The maximum absolute atomic E-state index is 12.2. The van der Waals surface area contributed by atoms with Gasteiger partial charge in [0.15, 0.2) is 0 Å². The quantitative estimate of drug-likeness (QED) is 0.766. The first kappa shape index (κ1) is 17.8. The zero-order valence-electron chi connectivity index (χ0n) is 13.2. The number of rotatable bonds is 6. The summed E-state index contributed by atoms with van der Waals surface area (Å²) < 4.78 is 6.56. The first-order valence-electron chi connectivity index (χ1n) is 7.84. The number of carbonyl (C=O) groups excluding carboxylic acids is 1. The molecule has 0 bridgehead atoms. The monoisotopic (exact) mass is 383 g/mol. The van der Waals surface area contributed by atoms with Crippen molar-refractivity contribution in [2.45, 2.75) is 26.2 Å². The molecule has 1 aliphatic rings. The summed E-state index contributed by atoms with van der Waals surface area (Å²) in [6.07, 6.45) is 1.64. The van der Waals surface area contributed by atoms with Crippen molar-refractivity contribution < 1.29 is 19.4 Å². The van der Waals surface area contributed by atoms with Gasteiger partial charge in [-0.1, -0.05) is 28.9 Å². The van der Waals surface area contributed by atoms with Crippen LogP contribution in [0, 0.1) is 11.8 Å². The Hall–Kier alpha value is -1.56. The second kappa shape index (κ2) is 8.34. The number of nitrogens with zero attached hydrogens (tertiary/aromatic N) is 1. The number of aliphatic carboxylic acids is 1. The van der Waals surface area contributed by atoms with E-state index in [2.05, 4.69) is 15.9 Å². The molecule has 2 unspecified atom stereocenters. The van der Waals surface area contributed by atoms with Crippen molar-refractivity contribution in [2.75, 3.05) is 19.7 Å². The number of carbonyl (C=O) groups is 2. The van der Waals surface area contributed by atoms with Crippen molar-refractivity contribution in [1.29, 1.82) is 0 Å². The van der Waals surface area contributed by atoms with Crippen molar-refractivity contribution in [3.63, 3.8) is 0 Å². The van der Waals surface area contributed by atoms with Crippen molar-refractivity contribution in [3.05, 3.63) is 28.7 Å². The molecule has 2 rings (SSSR count). The van der Waals surface area contributed by atoms with E-state index in [9.17, 15) is 9.59 Å². The molecule has 0 aromatic heterocycles. The van der Waals surface area contributed by atoms with Gasteiger partial charge in [0.1, 0.15) is 5.75 Å². The molecule has 0 radical (unpaired) electrons. The lowest BCUT2D eigenvalue weighted by Gasteiger charge is -2.34. The van der Waals surface area contributed by atoms with Crippen LogP contribution in [0.25, 0.3) is 0 Å². The van der Waals surface area contributed by atoms with Gasteiger partial charge in [0.05, 0.1) is 12.5 Å². The lowest BCUT2D eigenvalue weighted by atomic mass is 9.90. The van der Waals surface area contributed by atoms with Crippen LogP contribution in [0.1, 0.15) is 26.2 Å². The molecular formula is C17H22BrNO4. The minimum Gasteiger partial charge on any atom is -0.494 e. The summed E-state index contributed by atoms with van der Waals surface area (Å²) >= 11 is 3.38. The van der Waals surface area contributed by atoms with Gasteiger partial charge in [-0.05, 0) is 37.0 Å². The molecule has 2 atom stereocenters. The topological polar surface area (TPSA) is 66.8 Å². The van der Waals surface area contributed by atoms with Gasteiger partial charge in [-0.25, -0.2) is 0 Å². The summed E-state index contributed by atoms with van der Waals surface area (Å²) in [5.74, 6) is -0.246. The molecule has 1 aromatic carbocycles. The van der Waals surface area contributed by atoms with Crippen LogP contribution in [0.2, 0.25) is 0 Å². The van der Waals surface area contributed by atoms with Crippen LogP contribution in [-0.2, 0) is 9.59 Å². The predicted octanol–water partition coefficient (Wildman–Crippen LogP) is 3.18. The molecule has 126 valence electrons. The fourth-order valence-corrected chi connectivity index (χ4v) is 3.24. The van der Waals surface area contributed by atoms with Gasteiger partial charge >= 0.3 is 5.97 Å². The third kappa shape index (κ3) is 5.53. The third-order valence-corrected chi connectivity index (χ3v) is 4.45. The second-order valence-electron chi connectivity index (χ2n) is 6.08. The summed E-state index contributed by atoms with van der Waals surface area (Å²) in [7, 11) is 0. The molecule has 0 aliphatic carbocycles. The molecule has 1 heterocycles. The van der Waals surface area contributed by atoms with E-state index in [4.69, 9.17) is 9.84 Å². The van der Waals surface area contributed by atoms with E-state index in [0.717, 1.165) is 10.2 Å². The number of likely N-dealkylation sites (tertiary alicyclic amines) is 1. The average Bonchev–Trinajstić information content (AvgIpc) is 2.50. The van der Waals surface area contributed by atoms with Gasteiger partial charge in [-0.3, -0.25) is 9.59 Å². The van der Waals surface area contributed by atoms with Crippen molar-refractivity contribution in [3.8, 4) is 5.75 Å². The number of benzene rings is 1. The molecule has 0 saturated carbocycles. The van der Waals surface area contributed by atoms with Crippen LogP contribution >= 0.6 is 15.9 Å². The SMILES string of the molecule is CC1CC(C(=O)O)CN(C(=O)CCCOc2cccc(Br)c2)C1. The molecule has 1 N–H and O–H groups in total. The zero-order valence-corrected chi connectivity index (χ0v) is 14.8. The molecule has 1 amide bonds. The first-order valence-corrected chi connectivity index (χ1v) is 8.64. The van der Waals surface area contributed by atoms with Crippen molar-refractivity contribution >= 4 is 27.8 Å². The molecular weight excluding hydrogens is 362 g/mol. The van der Waals surface area contributed by atoms with E-state index in [1.165, 1.54) is 0 Å². The highest BCUT2D eigenvalue weighted by molar-refractivity contribution is 9.10. The molecule has 1 aromatic rings. The predicted molar refractivity (Wildman–Crippen MR) is 90.4 cm³/mol. The maximum atomic E-state index is 12.2. The summed E-state index contributed by atoms with van der Waals surface area (Å²) in [5.41, 5.74) is 0. The van der Waals surface area contributed by atoms with Crippen LogP contribution in [-0.4, -0.2) is 41.6 Å². The van der Waals surface area contributed by atoms with Gasteiger partial charge in [0.25, 0.3) is 0 Å². The smallest absolute Gasteiger partial charge is 0.308 e. The number of ether oxygens (including phenoxy) is 1. The highest BCUT2D eigenvalue weighted by Crippen LogP contribution is 2.23. The number of carboxylic acid groups (broad SMARTS) is 1. The van der Waals surface area contributed by atoms with Crippen LogP contribution in [0.5, 0.6) is 5.75 Å². The third-order valence-electron chi connectivity index (χ3n) is 3.96. The van der Waals surface area contributed by atoms with Gasteiger partial charge in [0.2, 0.25) is 5.91 Å². The molecule has 5 nitrogen and oxygen atoms in total. The Labute approximate surface area is 144 Å². The van der Waals surface area contributed by atoms with E-state index in [-0.39, 0.29) is 11.8 Å². The van der Waals surface area contributed by atoms with Gasteiger partial charge < -0.3 is 14.7 Å². The number of amides is 1. The van der Waals surface area contributed by atoms with Crippen LogP contribution in [0.4, 0.5) is 0 Å². The molecule has 1 saturated heterocycles. The minimum absolute atomic E-state index is 0.0145. The average molecular weight is 384 g/mol. The Balaban J connectivity index is 1.75. The molecule has 1 aliphatic heterocycles. The number of carboxylic acids is 1. The number of hydrogen-bond acceptors (Lipinski definition) is 3. The highest BCUT2D eigenvalue weighted by Gasteiger charge is 2.31. The Morgan fingerprint density at radius 2 is 2.17 bits per heavy atom. The maximum Gasteiger partial charge on any atom is 0.308 e. The van der Waals surface area contributed by atoms with E-state index in [1.54, 1.807) is 4.90 Å². The Morgan fingerprint density at radius 3 is 2.87 bits per heavy atom. The molecule has 1 fully saturated rings. The Morgan fingerprint density at radius 1 is 1.39 bits per heavy atom. The Kier molecular flexibility index (Phi) is 6.45. The van der Waals surface area contributed by atoms with Crippen molar-refractivity contribution in [2.24, 2.45) is 11.8 Å².